The lowest BCUT2D eigenvalue weighted by atomic mass is 9.78. The smallest absolute Gasteiger partial charge is 0.307 e. The van der Waals surface area contributed by atoms with Crippen LogP contribution in [0.5, 0.6) is 0 Å². The van der Waals surface area contributed by atoms with Crippen molar-refractivity contribution in [2.24, 2.45) is 11.8 Å². The highest BCUT2D eigenvalue weighted by Crippen LogP contribution is 2.32. The van der Waals surface area contributed by atoms with Crippen LogP contribution in [0.3, 0.4) is 0 Å². The second-order valence-electron chi connectivity index (χ2n) is 6.08. The van der Waals surface area contributed by atoms with Crippen LogP contribution < -0.4 is 4.90 Å². The fourth-order valence-corrected chi connectivity index (χ4v) is 3.24. The maximum atomic E-state index is 12.7. The summed E-state index contributed by atoms with van der Waals surface area (Å²) >= 11 is 0. The molecule has 4 nitrogen and oxygen atoms in total. The molecule has 2 unspecified atom stereocenters. The van der Waals surface area contributed by atoms with E-state index in [1.165, 1.54) is 0 Å². The molecule has 4 heteroatoms. The molecule has 0 radical (unpaired) electrons. The molecule has 0 saturated heterocycles. The Bertz CT molecular complexity index is 533. The van der Waals surface area contributed by atoms with Gasteiger partial charge in [0.05, 0.1) is 11.8 Å². The molecule has 0 aromatic heterocycles. The van der Waals surface area contributed by atoms with Crippen molar-refractivity contribution < 1.29 is 14.7 Å². The van der Waals surface area contributed by atoms with Gasteiger partial charge in [-0.2, -0.15) is 0 Å². The van der Waals surface area contributed by atoms with Gasteiger partial charge in [0.1, 0.15) is 0 Å². The van der Waals surface area contributed by atoms with Crippen LogP contribution in [0.25, 0.3) is 0 Å². The standard InChI is InChI=1S/C17H23NO3/c1-11-8-12(2)10-13(9-11)18(3)16(19)14-6-4-5-7-15(14)17(20)21/h8-10,14-15H,4-7H2,1-3H3,(H,20,21). The SMILES string of the molecule is Cc1cc(C)cc(N(C)C(=O)C2CCCCC2C(=O)O)c1. The summed E-state index contributed by atoms with van der Waals surface area (Å²) < 4.78 is 0. The van der Waals surface area contributed by atoms with Gasteiger partial charge in [-0.3, -0.25) is 9.59 Å². The quantitative estimate of drug-likeness (QED) is 0.930. The fourth-order valence-electron chi connectivity index (χ4n) is 3.24. The molecule has 2 atom stereocenters. The van der Waals surface area contributed by atoms with Crippen molar-refractivity contribution in [1.82, 2.24) is 0 Å². The summed E-state index contributed by atoms with van der Waals surface area (Å²) in [5.74, 6) is -1.87. The molecule has 1 fully saturated rings. The molecule has 1 aromatic carbocycles. The number of aliphatic carboxylic acids is 1. The number of benzene rings is 1. The van der Waals surface area contributed by atoms with Crippen molar-refractivity contribution >= 4 is 17.6 Å². The average Bonchev–Trinajstić information content (AvgIpc) is 2.44. The molecular formula is C17H23NO3. The Balaban J connectivity index is 2.23. The molecule has 0 heterocycles. The first-order valence-electron chi connectivity index (χ1n) is 7.49. The largest absolute Gasteiger partial charge is 0.481 e. The number of rotatable bonds is 3. The molecule has 1 aromatic rings. The molecule has 114 valence electrons. The number of aryl methyl sites for hydroxylation is 2. The Morgan fingerprint density at radius 1 is 1.05 bits per heavy atom. The van der Waals surface area contributed by atoms with E-state index in [1.54, 1.807) is 11.9 Å². The number of carbonyl (C=O) groups excluding carboxylic acids is 1. The molecule has 0 bridgehead atoms. The van der Waals surface area contributed by atoms with Crippen molar-refractivity contribution in [3.8, 4) is 0 Å². The third-order valence-electron chi connectivity index (χ3n) is 4.32. The van der Waals surface area contributed by atoms with E-state index in [9.17, 15) is 14.7 Å². The van der Waals surface area contributed by atoms with E-state index in [2.05, 4.69) is 6.07 Å². The Morgan fingerprint density at radius 2 is 1.57 bits per heavy atom. The van der Waals surface area contributed by atoms with Gasteiger partial charge >= 0.3 is 5.97 Å². The summed E-state index contributed by atoms with van der Waals surface area (Å²) in [6, 6.07) is 5.98. The van der Waals surface area contributed by atoms with Crippen molar-refractivity contribution in [2.75, 3.05) is 11.9 Å². The molecule has 21 heavy (non-hydrogen) atoms. The van der Waals surface area contributed by atoms with Gasteiger partial charge in [0.2, 0.25) is 5.91 Å². The molecule has 1 aliphatic carbocycles. The minimum absolute atomic E-state index is 0.0768. The van der Waals surface area contributed by atoms with Gasteiger partial charge in [-0.25, -0.2) is 0 Å². The van der Waals surface area contributed by atoms with Crippen LogP contribution in [0.2, 0.25) is 0 Å². The normalized spacial score (nSPS) is 21.9. The minimum Gasteiger partial charge on any atom is -0.481 e. The second-order valence-corrected chi connectivity index (χ2v) is 6.08. The van der Waals surface area contributed by atoms with Gasteiger partial charge in [-0.15, -0.1) is 0 Å². The summed E-state index contributed by atoms with van der Waals surface area (Å²) in [5.41, 5.74) is 3.04. The van der Waals surface area contributed by atoms with Crippen molar-refractivity contribution in [3.63, 3.8) is 0 Å². The van der Waals surface area contributed by atoms with Crippen LogP contribution in [0.15, 0.2) is 18.2 Å². The zero-order valence-electron chi connectivity index (χ0n) is 12.9. The third-order valence-corrected chi connectivity index (χ3v) is 4.32. The summed E-state index contributed by atoms with van der Waals surface area (Å²) in [4.78, 5) is 25.7. The second kappa shape index (κ2) is 6.29. The highest BCUT2D eigenvalue weighted by molar-refractivity contribution is 5.97. The number of anilines is 1. The first-order chi connectivity index (χ1) is 9.90. The van der Waals surface area contributed by atoms with E-state index in [4.69, 9.17) is 0 Å². The lowest BCUT2D eigenvalue weighted by Gasteiger charge is -2.31. The molecule has 1 aliphatic rings. The van der Waals surface area contributed by atoms with Crippen molar-refractivity contribution in [2.45, 2.75) is 39.5 Å². The number of carboxylic acids is 1. The topological polar surface area (TPSA) is 57.6 Å². The molecule has 0 spiro atoms. The summed E-state index contributed by atoms with van der Waals surface area (Å²) in [5, 5.41) is 9.33. The maximum Gasteiger partial charge on any atom is 0.307 e. The van der Waals surface area contributed by atoms with Gasteiger partial charge in [0.15, 0.2) is 0 Å². The molecule has 1 N–H and O–H groups in total. The first-order valence-corrected chi connectivity index (χ1v) is 7.49. The number of carboxylic acid groups (broad SMARTS) is 1. The summed E-state index contributed by atoms with van der Waals surface area (Å²) in [7, 11) is 1.74. The Morgan fingerprint density at radius 3 is 2.10 bits per heavy atom. The van der Waals surface area contributed by atoms with E-state index in [0.717, 1.165) is 29.7 Å². The fraction of sp³-hybridized carbons (Fsp3) is 0.529. The van der Waals surface area contributed by atoms with Gasteiger partial charge in [0.25, 0.3) is 0 Å². The molecule has 0 aliphatic heterocycles. The van der Waals surface area contributed by atoms with Gasteiger partial charge in [-0.05, 0) is 49.9 Å². The lowest BCUT2D eigenvalue weighted by molar-refractivity contribution is -0.148. The predicted molar refractivity (Wildman–Crippen MR) is 82.4 cm³/mol. The Kier molecular flexibility index (Phi) is 4.66. The van der Waals surface area contributed by atoms with Crippen LogP contribution >= 0.6 is 0 Å². The van der Waals surface area contributed by atoms with Gasteiger partial charge < -0.3 is 10.0 Å². The van der Waals surface area contributed by atoms with Crippen LogP contribution in [0.4, 0.5) is 5.69 Å². The van der Waals surface area contributed by atoms with Crippen molar-refractivity contribution in [3.05, 3.63) is 29.3 Å². The third kappa shape index (κ3) is 3.43. The van der Waals surface area contributed by atoms with E-state index in [-0.39, 0.29) is 5.91 Å². The monoisotopic (exact) mass is 289 g/mol. The summed E-state index contributed by atoms with van der Waals surface area (Å²) in [6.07, 6.45) is 3.10. The van der Waals surface area contributed by atoms with E-state index >= 15 is 0 Å². The Labute approximate surface area is 125 Å². The molecule has 1 saturated carbocycles. The van der Waals surface area contributed by atoms with Crippen LogP contribution in [0, 0.1) is 25.7 Å². The maximum absolute atomic E-state index is 12.7. The van der Waals surface area contributed by atoms with E-state index in [1.807, 2.05) is 26.0 Å². The average molecular weight is 289 g/mol. The number of nitrogens with zero attached hydrogens (tertiary/aromatic N) is 1. The number of carbonyl (C=O) groups is 2. The number of amides is 1. The van der Waals surface area contributed by atoms with E-state index in [0.29, 0.717) is 12.8 Å². The lowest BCUT2D eigenvalue weighted by Crippen LogP contribution is -2.40. The summed E-state index contributed by atoms with van der Waals surface area (Å²) in [6.45, 7) is 3.99. The molecule has 2 rings (SSSR count). The molecule has 1 amide bonds. The highest BCUT2D eigenvalue weighted by atomic mass is 16.4. The van der Waals surface area contributed by atoms with Crippen LogP contribution in [0.1, 0.15) is 36.8 Å². The Hall–Kier alpha value is -1.84. The van der Waals surface area contributed by atoms with Crippen molar-refractivity contribution in [1.29, 1.82) is 0 Å². The zero-order chi connectivity index (χ0) is 15.6. The van der Waals surface area contributed by atoms with Gasteiger partial charge in [0, 0.05) is 12.7 Å². The number of hydrogen-bond acceptors (Lipinski definition) is 2. The number of hydrogen-bond donors (Lipinski definition) is 1. The highest BCUT2D eigenvalue weighted by Gasteiger charge is 2.37. The van der Waals surface area contributed by atoms with Crippen LogP contribution in [-0.4, -0.2) is 24.0 Å². The van der Waals surface area contributed by atoms with Gasteiger partial charge in [-0.1, -0.05) is 18.9 Å². The van der Waals surface area contributed by atoms with E-state index < -0.39 is 17.8 Å². The minimum atomic E-state index is -0.845. The predicted octanol–water partition coefficient (Wildman–Crippen LogP) is 3.16. The zero-order valence-corrected chi connectivity index (χ0v) is 12.9. The first kappa shape index (κ1) is 15.5. The molecular weight excluding hydrogens is 266 g/mol. The van der Waals surface area contributed by atoms with Crippen LogP contribution in [-0.2, 0) is 9.59 Å².